The molecule has 0 bridgehead atoms. The van der Waals surface area contributed by atoms with E-state index in [1.807, 2.05) is 0 Å². The molecule has 14 heteroatoms. The van der Waals surface area contributed by atoms with Crippen molar-refractivity contribution >= 4 is 10.6 Å². The van der Waals surface area contributed by atoms with Crippen molar-refractivity contribution in [2.75, 3.05) is 0 Å². The van der Waals surface area contributed by atoms with Gasteiger partial charge in [-0.2, -0.15) is 27.2 Å². The Kier molecular flexibility index (Phi) is 5.18. The molecule has 0 amide bonds. The molecule has 2 aromatic carbocycles. The van der Waals surface area contributed by atoms with Crippen LogP contribution in [-0.2, 0) is 5.60 Å². The maximum atomic E-state index is 14.4. The summed E-state index contributed by atoms with van der Waals surface area (Å²) in [4.78, 5) is -1.64. The van der Waals surface area contributed by atoms with E-state index in [0.717, 1.165) is 12.1 Å². The Morgan fingerprint density at radius 1 is 1.10 bits per heavy atom. The minimum Gasteiger partial charge on any atom is -0.457 e. The molecule has 168 valence electrons. The summed E-state index contributed by atoms with van der Waals surface area (Å²) < 4.78 is 135. The zero-order valence-electron chi connectivity index (χ0n) is 14.6. The Hall–Kier alpha value is -2.60. The fourth-order valence-corrected chi connectivity index (χ4v) is 4.81. The van der Waals surface area contributed by atoms with E-state index >= 15 is 0 Å². The zero-order chi connectivity index (χ0) is 23.6. The van der Waals surface area contributed by atoms with E-state index in [2.05, 4.69) is 0 Å². The van der Waals surface area contributed by atoms with Gasteiger partial charge in [0.2, 0.25) is 0 Å². The predicted octanol–water partition coefficient (Wildman–Crippen LogP) is 5.89. The van der Waals surface area contributed by atoms with Crippen molar-refractivity contribution in [2.24, 2.45) is 0 Å². The van der Waals surface area contributed by atoms with Crippen molar-refractivity contribution in [3.05, 3.63) is 52.8 Å². The first-order chi connectivity index (χ1) is 14.1. The molecule has 0 saturated carbocycles. The lowest BCUT2D eigenvalue weighted by Gasteiger charge is -2.39. The van der Waals surface area contributed by atoms with Crippen LogP contribution in [0.25, 0.3) is 0 Å². The van der Waals surface area contributed by atoms with Crippen molar-refractivity contribution < 1.29 is 54.1 Å². The van der Waals surface area contributed by atoms with Gasteiger partial charge in [-0.3, -0.25) is 9.11 Å². The van der Waals surface area contributed by atoms with Crippen LogP contribution in [0.3, 0.4) is 0 Å². The zero-order valence-corrected chi connectivity index (χ0v) is 15.4. The number of benzene rings is 2. The number of nitrogens with zero attached hydrogens (tertiary/aromatic N) is 1. The van der Waals surface area contributed by atoms with Gasteiger partial charge in [0.25, 0.3) is 12.0 Å². The highest BCUT2D eigenvalue weighted by Crippen LogP contribution is 2.77. The Labute approximate surface area is 169 Å². The van der Waals surface area contributed by atoms with Gasteiger partial charge in [0, 0.05) is 11.6 Å². The second kappa shape index (κ2) is 6.95. The van der Waals surface area contributed by atoms with E-state index in [-0.39, 0.29) is 11.6 Å². The molecule has 3 rings (SSSR count). The van der Waals surface area contributed by atoms with Crippen molar-refractivity contribution in [2.45, 2.75) is 28.4 Å². The van der Waals surface area contributed by atoms with Crippen molar-refractivity contribution in [3.8, 4) is 17.6 Å². The molecule has 1 atom stereocenters. The maximum absolute atomic E-state index is 14.4. The SMILES string of the molecule is N#Cc1cc(F)cc(Oc2ccc3c(c2C(F)F)C(O)(C(F)(F)F)C(F)(F)S3(O)O)c1. The predicted molar refractivity (Wildman–Crippen MR) is 88.6 cm³/mol. The summed E-state index contributed by atoms with van der Waals surface area (Å²) in [5.74, 6) is -2.94. The highest BCUT2D eigenvalue weighted by molar-refractivity contribution is 8.25. The van der Waals surface area contributed by atoms with Crippen LogP contribution in [-0.4, -0.2) is 25.6 Å². The minimum atomic E-state index is -6.32. The number of hydrogen-bond donors (Lipinski definition) is 3. The molecule has 1 aliphatic rings. The summed E-state index contributed by atoms with van der Waals surface area (Å²) >= 11 is 0. The molecule has 0 aromatic heterocycles. The molecule has 1 aliphatic heterocycles. The smallest absolute Gasteiger partial charge is 0.429 e. The number of ether oxygens (including phenoxy) is 1. The van der Waals surface area contributed by atoms with Gasteiger partial charge < -0.3 is 9.84 Å². The van der Waals surface area contributed by atoms with E-state index in [9.17, 15) is 49.3 Å². The molecule has 0 aliphatic carbocycles. The molecular weight excluding hydrogens is 466 g/mol. The summed E-state index contributed by atoms with van der Waals surface area (Å²) in [6.45, 7) is 0. The fraction of sp³-hybridized carbons (Fsp3) is 0.235. The lowest BCUT2D eigenvalue weighted by atomic mass is 9.88. The Balaban J connectivity index is 2.33. The summed E-state index contributed by atoms with van der Waals surface area (Å²) in [6.07, 6.45) is -10.3. The number of aliphatic hydroxyl groups is 1. The van der Waals surface area contributed by atoms with Crippen molar-refractivity contribution in [1.29, 1.82) is 5.26 Å². The molecule has 5 nitrogen and oxygen atoms in total. The third-order valence-electron chi connectivity index (χ3n) is 4.47. The van der Waals surface area contributed by atoms with E-state index in [0.29, 0.717) is 12.1 Å². The van der Waals surface area contributed by atoms with E-state index in [1.165, 1.54) is 6.07 Å². The van der Waals surface area contributed by atoms with Gasteiger partial charge in [-0.25, -0.2) is 13.2 Å². The molecule has 0 spiro atoms. The molecule has 3 N–H and O–H groups in total. The first kappa shape index (κ1) is 23.1. The van der Waals surface area contributed by atoms with Gasteiger partial charge in [0.05, 0.1) is 22.1 Å². The Morgan fingerprint density at radius 3 is 2.23 bits per heavy atom. The second-order valence-electron chi connectivity index (χ2n) is 6.31. The van der Waals surface area contributed by atoms with Gasteiger partial charge in [-0.15, -0.1) is 10.6 Å². The lowest BCUT2D eigenvalue weighted by molar-refractivity contribution is -0.316. The normalized spacial score (nSPS) is 22.7. The number of fused-ring (bicyclic) bond motifs is 1. The molecule has 2 aromatic rings. The van der Waals surface area contributed by atoms with Gasteiger partial charge >= 0.3 is 11.4 Å². The molecule has 1 heterocycles. The molecule has 0 fully saturated rings. The van der Waals surface area contributed by atoms with Gasteiger partial charge in [0.1, 0.15) is 17.3 Å². The maximum Gasteiger partial charge on any atom is 0.429 e. The highest BCUT2D eigenvalue weighted by Gasteiger charge is 2.81. The lowest BCUT2D eigenvalue weighted by Crippen LogP contribution is -2.54. The Morgan fingerprint density at radius 2 is 1.71 bits per heavy atom. The monoisotopic (exact) mass is 475 g/mol. The van der Waals surface area contributed by atoms with Crippen molar-refractivity contribution in [3.63, 3.8) is 0 Å². The summed E-state index contributed by atoms with van der Waals surface area (Å²) in [7, 11) is -5.73. The largest absolute Gasteiger partial charge is 0.457 e. The van der Waals surface area contributed by atoms with Crippen LogP contribution >= 0.6 is 10.6 Å². The molecular formula is C17H9F8NO4S. The number of alkyl halides is 7. The number of rotatable bonds is 3. The van der Waals surface area contributed by atoms with E-state index in [4.69, 9.17) is 10.00 Å². The standard InChI is InChI=1S/C17H9F8NO4S/c18-8-3-7(6-26)4-9(5-8)30-10-1-2-11-13(12(10)14(19)20)15(27,16(21,22)23)17(24,25)31(11,28)29/h1-5,14,27-29H. The average molecular weight is 475 g/mol. The number of halogens is 8. The van der Waals surface area contributed by atoms with Crippen LogP contribution in [0.4, 0.5) is 35.1 Å². The van der Waals surface area contributed by atoms with Crippen LogP contribution in [0.5, 0.6) is 11.5 Å². The highest BCUT2D eigenvalue weighted by atomic mass is 32.3. The number of nitriles is 1. The van der Waals surface area contributed by atoms with Crippen LogP contribution in [0, 0.1) is 17.1 Å². The van der Waals surface area contributed by atoms with Crippen molar-refractivity contribution in [1.82, 2.24) is 0 Å². The third kappa shape index (κ3) is 3.11. The third-order valence-corrected chi connectivity index (χ3v) is 6.43. The summed E-state index contributed by atoms with van der Waals surface area (Å²) in [5.41, 5.74) is -9.83. The molecule has 0 radical (unpaired) electrons. The quantitative estimate of drug-likeness (QED) is 0.481. The molecule has 0 saturated heterocycles. The van der Waals surface area contributed by atoms with Gasteiger partial charge in [-0.1, -0.05) is 0 Å². The second-order valence-corrected chi connectivity index (χ2v) is 8.36. The number of hydrogen-bond acceptors (Lipinski definition) is 5. The Bertz CT molecular complexity index is 1100. The van der Waals surface area contributed by atoms with E-state index in [1.54, 1.807) is 0 Å². The van der Waals surface area contributed by atoms with Gasteiger partial charge in [0.15, 0.2) is 0 Å². The topological polar surface area (TPSA) is 93.7 Å². The summed E-state index contributed by atoms with van der Waals surface area (Å²) in [6, 6.07) is 4.32. The molecule has 31 heavy (non-hydrogen) atoms. The average Bonchev–Trinajstić information content (AvgIpc) is 2.76. The van der Waals surface area contributed by atoms with Crippen LogP contribution < -0.4 is 4.74 Å². The fourth-order valence-electron chi connectivity index (χ4n) is 3.11. The van der Waals surface area contributed by atoms with Crippen LogP contribution in [0.2, 0.25) is 0 Å². The molecule has 1 unspecified atom stereocenters. The minimum absolute atomic E-state index is 0.258. The van der Waals surface area contributed by atoms with E-state index < -0.39 is 67.4 Å². The first-order valence-electron chi connectivity index (χ1n) is 7.88. The van der Waals surface area contributed by atoms with Crippen LogP contribution in [0.15, 0.2) is 35.2 Å². The summed E-state index contributed by atoms with van der Waals surface area (Å²) in [5, 5.41) is 13.0. The van der Waals surface area contributed by atoms with Crippen LogP contribution in [0.1, 0.15) is 23.1 Å². The van der Waals surface area contributed by atoms with Gasteiger partial charge in [-0.05, 0) is 24.3 Å². The first-order valence-corrected chi connectivity index (χ1v) is 9.43.